The Bertz CT molecular complexity index is 262. The molecule has 0 aliphatic heterocycles. The molecule has 0 saturated heterocycles. The summed E-state index contributed by atoms with van der Waals surface area (Å²) in [6.07, 6.45) is 1.01. The Hall–Kier alpha value is -0.940. The van der Waals surface area contributed by atoms with E-state index in [0.717, 1.165) is 6.42 Å². The van der Waals surface area contributed by atoms with Crippen molar-refractivity contribution in [1.82, 2.24) is 15.5 Å². The molecule has 1 heterocycles. The molecule has 1 aromatic rings. The van der Waals surface area contributed by atoms with E-state index in [1.54, 1.807) is 14.0 Å². The molecule has 14 heavy (non-hydrogen) atoms. The molecule has 0 amide bonds. The van der Waals surface area contributed by atoms with E-state index in [0.29, 0.717) is 30.9 Å². The molecule has 1 N–H and O–H groups in total. The molecule has 0 spiro atoms. The van der Waals surface area contributed by atoms with Crippen LogP contribution in [0.1, 0.15) is 25.1 Å². The number of methoxy groups -OCH3 is 1. The molecule has 0 radical (unpaired) electrons. The zero-order chi connectivity index (χ0) is 10.4. The maximum Gasteiger partial charge on any atom is 0.240 e. The SMILES string of the molecule is CCC(COC)NCc1nc(C)no1. The lowest BCUT2D eigenvalue weighted by molar-refractivity contribution is 0.161. The largest absolute Gasteiger partial charge is 0.383 e. The fourth-order valence-electron chi connectivity index (χ4n) is 1.17. The van der Waals surface area contributed by atoms with Crippen LogP contribution in [0.4, 0.5) is 0 Å². The summed E-state index contributed by atoms with van der Waals surface area (Å²) < 4.78 is 10.0. The lowest BCUT2D eigenvalue weighted by atomic mass is 10.2. The van der Waals surface area contributed by atoms with Crippen LogP contribution in [0, 0.1) is 6.92 Å². The summed E-state index contributed by atoms with van der Waals surface area (Å²) in [6.45, 7) is 5.21. The summed E-state index contributed by atoms with van der Waals surface area (Å²) >= 11 is 0. The minimum absolute atomic E-state index is 0.340. The van der Waals surface area contributed by atoms with Crippen LogP contribution in [-0.4, -0.2) is 29.9 Å². The Morgan fingerprint density at radius 1 is 1.57 bits per heavy atom. The van der Waals surface area contributed by atoms with E-state index in [4.69, 9.17) is 9.26 Å². The average molecular weight is 199 g/mol. The topological polar surface area (TPSA) is 60.2 Å². The van der Waals surface area contributed by atoms with E-state index >= 15 is 0 Å². The van der Waals surface area contributed by atoms with Crippen molar-refractivity contribution in [1.29, 1.82) is 0 Å². The molecule has 0 fully saturated rings. The first-order chi connectivity index (χ1) is 6.76. The molecule has 0 aliphatic carbocycles. The van der Waals surface area contributed by atoms with Crippen LogP contribution >= 0.6 is 0 Å². The molecule has 0 aromatic carbocycles. The van der Waals surface area contributed by atoms with Crippen LogP contribution in [-0.2, 0) is 11.3 Å². The number of ether oxygens (including phenoxy) is 1. The van der Waals surface area contributed by atoms with Crippen molar-refractivity contribution in [2.24, 2.45) is 0 Å². The van der Waals surface area contributed by atoms with Gasteiger partial charge in [-0.05, 0) is 13.3 Å². The fraction of sp³-hybridized carbons (Fsp3) is 0.778. The Kier molecular flexibility index (Phi) is 4.55. The van der Waals surface area contributed by atoms with Crippen LogP contribution in [0.15, 0.2) is 4.52 Å². The number of aromatic nitrogens is 2. The van der Waals surface area contributed by atoms with Crippen LogP contribution in [0.25, 0.3) is 0 Å². The highest BCUT2D eigenvalue weighted by Gasteiger charge is 2.07. The van der Waals surface area contributed by atoms with Gasteiger partial charge in [0.05, 0.1) is 13.2 Å². The summed E-state index contributed by atoms with van der Waals surface area (Å²) in [4.78, 5) is 4.10. The van der Waals surface area contributed by atoms with Gasteiger partial charge in [0.15, 0.2) is 5.82 Å². The maximum absolute atomic E-state index is 5.06. The van der Waals surface area contributed by atoms with Crippen molar-refractivity contribution < 1.29 is 9.26 Å². The van der Waals surface area contributed by atoms with Gasteiger partial charge in [-0.3, -0.25) is 0 Å². The third-order valence-corrected chi connectivity index (χ3v) is 1.97. The van der Waals surface area contributed by atoms with E-state index < -0.39 is 0 Å². The standard InChI is InChI=1S/C9H17N3O2/c1-4-8(6-13-3)10-5-9-11-7(2)12-14-9/h8,10H,4-6H2,1-3H3. The van der Waals surface area contributed by atoms with Gasteiger partial charge in [-0.15, -0.1) is 0 Å². The Labute approximate surface area is 83.8 Å². The normalized spacial score (nSPS) is 13.1. The number of hydrogen-bond donors (Lipinski definition) is 1. The third kappa shape index (κ3) is 3.43. The highest BCUT2D eigenvalue weighted by atomic mass is 16.5. The molecule has 0 aliphatic rings. The minimum Gasteiger partial charge on any atom is -0.383 e. The molecule has 5 heteroatoms. The van der Waals surface area contributed by atoms with Crippen LogP contribution in [0.2, 0.25) is 0 Å². The van der Waals surface area contributed by atoms with Gasteiger partial charge in [0.1, 0.15) is 0 Å². The van der Waals surface area contributed by atoms with Gasteiger partial charge in [-0.1, -0.05) is 12.1 Å². The second-order valence-electron chi connectivity index (χ2n) is 3.18. The monoisotopic (exact) mass is 199 g/mol. The zero-order valence-electron chi connectivity index (χ0n) is 8.91. The summed E-state index contributed by atoms with van der Waals surface area (Å²) in [5.41, 5.74) is 0. The molecule has 0 bridgehead atoms. The highest BCUT2D eigenvalue weighted by molar-refractivity contribution is 4.82. The highest BCUT2D eigenvalue weighted by Crippen LogP contribution is 1.98. The smallest absolute Gasteiger partial charge is 0.240 e. The van der Waals surface area contributed by atoms with E-state index in [2.05, 4.69) is 22.4 Å². The summed E-state index contributed by atoms with van der Waals surface area (Å²) in [7, 11) is 1.70. The van der Waals surface area contributed by atoms with Crippen LogP contribution < -0.4 is 5.32 Å². The predicted molar refractivity (Wildman–Crippen MR) is 51.8 cm³/mol. The summed E-state index contributed by atoms with van der Waals surface area (Å²) in [5.74, 6) is 1.29. The molecule has 80 valence electrons. The lowest BCUT2D eigenvalue weighted by Crippen LogP contribution is -2.32. The Morgan fingerprint density at radius 3 is 2.86 bits per heavy atom. The molecule has 5 nitrogen and oxygen atoms in total. The van der Waals surface area contributed by atoms with Gasteiger partial charge < -0.3 is 14.6 Å². The molecule has 1 rings (SSSR count). The van der Waals surface area contributed by atoms with Gasteiger partial charge in [0.2, 0.25) is 5.89 Å². The summed E-state index contributed by atoms with van der Waals surface area (Å²) in [6, 6.07) is 0.340. The number of rotatable bonds is 6. The molecular weight excluding hydrogens is 182 g/mol. The molecule has 1 aromatic heterocycles. The number of hydrogen-bond acceptors (Lipinski definition) is 5. The molecular formula is C9H17N3O2. The van der Waals surface area contributed by atoms with Gasteiger partial charge in [0, 0.05) is 13.2 Å². The van der Waals surface area contributed by atoms with E-state index in [-0.39, 0.29) is 0 Å². The Morgan fingerprint density at radius 2 is 2.36 bits per heavy atom. The van der Waals surface area contributed by atoms with Crippen LogP contribution in [0.5, 0.6) is 0 Å². The molecule has 1 unspecified atom stereocenters. The second kappa shape index (κ2) is 5.72. The first kappa shape index (κ1) is 11.1. The minimum atomic E-state index is 0.340. The maximum atomic E-state index is 5.06. The van der Waals surface area contributed by atoms with E-state index in [1.807, 2.05) is 0 Å². The van der Waals surface area contributed by atoms with Crippen LogP contribution in [0.3, 0.4) is 0 Å². The number of aryl methyl sites for hydroxylation is 1. The quantitative estimate of drug-likeness (QED) is 0.737. The molecule has 0 saturated carbocycles. The number of nitrogens with one attached hydrogen (secondary N) is 1. The van der Waals surface area contributed by atoms with Gasteiger partial charge in [0.25, 0.3) is 0 Å². The first-order valence-electron chi connectivity index (χ1n) is 4.77. The zero-order valence-corrected chi connectivity index (χ0v) is 8.91. The first-order valence-corrected chi connectivity index (χ1v) is 4.77. The van der Waals surface area contributed by atoms with Crippen molar-refractivity contribution in [2.75, 3.05) is 13.7 Å². The predicted octanol–water partition coefficient (Wildman–Crippen LogP) is 0.893. The average Bonchev–Trinajstić information content (AvgIpc) is 2.59. The van der Waals surface area contributed by atoms with Crippen molar-refractivity contribution in [3.63, 3.8) is 0 Å². The van der Waals surface area contributed by atoms with Crippen molar-refractivity contribution in [3.05, 3.63) is 11.7 Å². The van der Waals surface area contributed by atoms with Crippen molar-refractivity contribution in [2.45, 2.75) is 32.9 Å². The van der Waals surface area contributed by atoms with E-state index in [1.165, 1.54) is 0 Å². The third-order valence-electron chi connectivity index (χ3n) is 1.97. The fourth-order valence-corrected chi connectivity index (χ4v) is 1.17. The van der Waals surface area contributed by atoms with Crippen molar-refractivity contribution in [3.8, 4) is 0 Å². The number of nitrogens with zero attached hydrogens (tertiary/aromatic N) is 2. The van der Waals surface area contributed by atoms with E-state index in [9.17, 15) is 0 Å². The van der Waals surface area contributed by atoms with Gasteiger partial charge in [-0.2, -0.15) is 4.98 Å². The Balaban J connectivity index is 2.31. The van der Waals surface area contributed by atoms with Gasteiger partial charge in [-0.25, -0.2) is 0 Å². The van der Waals surface area contributed by atoms with Crippen molar-refractivity contribution >= 4 is 0 Å². The molecule has 1 atom stereocenters. The lowest BCUT2D eigenvalue weighted by Gasteiger charge is -2.13. The van der Waals surface area contributed by atoms with Gasteiger partial charge >= 0.3 is 0 Å². The summed E-state index contributed by atoms with van der Waals surface area (Å²) in [5, 5.41) is 6.99. The second-order valence-corrected chi connectivity index (χ2v) is 3.18.